The molecule has 2 nitrogen and oxygen atoms in total. The highest BCUT2D eigenvalue weighted by atomic mass is 32.2. The Morgan fingerprint density at radius 3 is 2.50 bits per heavy atom. The third kappa shape index (κ3) is 2.82. The third-order valence-corrected chi connectivity index (χ3v) is 1.28. The second-order valence-electron chi connectivity index (χ2n) is 1.34. The number of hydrogen-bond donors (Lipinski definition) is 1. The largest absolute Gasteiger partial charge is 0.385 e. The van der Waals surface area contributed by atoms with E-state index in [4.69, 9.17) is 5.11 Å². The molecule has 0 atom stereocenters. The summed E-state index contributed by atoms with van der Waals surface area (Å²) in [5.74, 6) is -0.161. The molecular formula is C5H8O2S. The van der Waals surface area contributed by atoms with Crippen LogP contribution in [0.1, 0.15) is 6.92 Å². The molecule has 0 saturated carbocycles. The van der Waals surface area contributed by atoms with Crippen molar-refractivity contribution in [1.82, 2.24) is 0 Å². The molecule has 0 aliphatic heterocycles. The lowest BCUT2D eigenvalue weighted by Crippen LogP contribution is -1.91. The molecule has 0 aliphatic carbocycles. The van der Waals surface area contributed by atoms with E-state index in [-0.39, 0.29) is 11.1 Å². The molecule has 0 aromatic rings. The van der Waals surface area contributed by atoms with Crippen LogP contribution in [0.15, 0.2) is 12.2 Å². The van der Waals surface area contributed by atoms with Gasteiger partial charge in [-0.05, 0) is 12.5 Å². The van der Waals surface area contributed by atoms with E-state index in [1.54, 1.807) is 6.92 Å². The lowest BCUT2D eigenvalue weighted by Gasteiger charge is -1.91. The molecule has 0 rings (SSSR count). The highest BCUT2D eigenvalue weighted by Crippen LogP contribution is 2.05. The van der Waals surface area contributed by atoms with Gasteiger partial charge in [-0.2, -0.15) is 0 Å². The molecule has 0 heterocycles. The molecule has 0 aromatic heterocycles. The summed E-state index contributed by atoms with van der Waals surface area (Å²) in [6, 6.07) is 0. The molecule has 0 spiro atoms. The summed E-state index contributed by atoms with van der Waals surface area (Å²) in [4.78, 5) is 10.4. The molecule has 0 aromatic carbocycles. The quantitative estimate of drug-likeness (QED) is 0.445. The SMILES string of the molecule is C=C(C)C(=O)SCO. The first-order chi connectivity index (χ1) is 3.68. The second kappa shape index (κ2) is 3.69. The van der Waals surface area contributed by atoms with Crippen molar-refractivity contribution in [3.8, 4) is 0 Å². The summed E-state index contributed by atoms with van der Waals surface area (Å²) < 4.78 is 0. The van der Waals surface area contributed by atoms with Gasteiger partial charge in [-0.1, -0.05) is 18.3 Å². The van der Waals surface area contributed by atoms with E-state index < -0.39 is 0 Å². The van der Waals surface area contributed by atoms with E-state index in [1.165, 1.54) is 0 Å². The number of hydrogen-bond acceptors (Lipinski definition) is 3. The summed E-state index contributed by atoms with van der Waals surface area (Å²) in [6.07, 6.45) is 0. The van der Waals surface area contributed by atoms with Gasteiger partial charge in [0.25, 0.3) is 0 Å². The van der Waals surface area contributed by atoms with Gasteiger partial charge < -0.3 is 5.11 Å². The number of aliphatic hydroxyl groups is 1. The molecule has 0 radical (unpaired) electrons. The minimum absolute atomic E-state index is 0.146. The molecule has 0 saturated heterocycles. The normalized spacial score (nSPS) is 8.75. The van der Waals surface area contributed by atoms with Crippen LogP contribution in [0, 0.1) is 0 Å². The number of thioether (sulfide) groups is 1. The molecule has 0 bridgehead atoms. The van der Waals surface area contributed by atoms with E-state index in [2.05, 4.69) is 6.58 Å². The fourth-order valence-electron chi connectivity index (χ4n) is 0.182. The van der Waals surface area contributed by atoms with Gasteiger partial charge >= 0.3 is 0 Å². The van der Waals surface area contributed by atoms with Gasteiger partial charge in [0, 0.05) is 0 Å². The minimum Gasteiger partial charge on any atom is -0.385 e. The predicted octanol–water partition coefficient (Wildman–Crippen LogP) is 0.772. The summed E-state index contributed by atoms with van der Waals surface area (Å²) in [5, 5.41) is 8.04. The minimum atomic E-state index is -0.161. The fraction of sp³-hybridized carbons (Fsp3) is 0.400. The van der Waals surface area contributed by atoms with Crippen LogP contribution in [0.2, 0.25) is 0 Å². The number of carbonyl (C=O) groups is 1. The Morgan fingerprint density at radius 1 is 1.88 bits per heavy atom. The lowest BCUT2D eigenvalue weighted by molar-refractivity contribution is -0.107. The Labute approximate surface area is 52.6 Å². The zero-order chi connectivity index (χ0) is 6.57. The van der Waals surface area contributed by atoms with E-state index in [9.17, 15) is 4.79 Å². The van der Waals surface area contributed by atoms with Crippen LogP contribution in [-0.2, 0) is 4.79 Å². The van der Waals surface area contributed by atoms with E-state index in [1.807, 2.05) is 0 Å². The third-order valence-electron chi connectivity index (χ3n) is 0.544. The first-order valence-electron chi connectivity index (χ1n) is 2.12. The van der Waals surface area contributed by atoms with Crippen molar-refractivity contribution < 1.29 is 9.90 Å². The van der Waals surface area contributed by atoms with Crippen molar-refractivity contribution >= 4 is 16.9 Å². The van der Waals surface area contributed by atoms with Crippen LogP contribution in [0.25, 0.3) is 0 Å². The van der Waals surface area contributed by atoms with Gasteiger partial charge in [-0.25, -0.2) is 0 Å². The van der Waals surface area contributed by atoms with Crippen molar-refractivity contribution in [2.45, 2.75) is 6.92 Å². The van der Waals surface area contributed by atoms with Gasteiger partial charge in [0.15, 0.2) is 0 Å². The van der Waals surface area contributed by atoms with E-state index in [0.717, 1.165) is 11.8 Å². The molecular weight excluding hydrogens is 124 g/mol. The Morgan fingerprint density at radius 2 is 2.38 bits per heavy atom. The zero-order valence-electron chi connectivity index (χ0n) is 4.68. The van der Waals surface area contributed by atoms with Crippen molar-refractivity contribution in [3.63, 3.8) is 0 Å². The van der Waals surface area contributed by atoms with Gasteiger partial charge in [0.1, 0.15) is 0 Å². The standard InChI is InChI=1S/C5H8O2S/c1-4(2)5(7)8-3-6/h6H,1,3H2,2H3. The Bertz CT molecular complexity index is 109. The van der Waals surface area contributed by atoms with Gasteiger partial charge in [-0.3, -0.25) is 4.79 Å². The van der Waals surface area contributed by atoms with Crippen molar-refractivity contribution in [1.29, 1.82) is 0 Å². The van der Waals surface area contributed by atoms with Gasteiger partial charge in [0.2, 0.25) is 5.12 Å². The molecule has 0 fully saturated rings. The maximum atomic E-state index is 10.4. The van der Waals surface area contributed by atoms with Crippen molar-refractivity contribution in [3.05, 3.63) is 12.2 Å². The highest BCUT2D eigenvalue weighted by molar-refractivity contribution is 8.13. The van der Waals surface area contributed by atoms with Crippen molar-refractivity contribution in [2.24, 2.45) is 0 Å². The molecule has 0 amide bonds. The van der Waals surface area contributed by atoms with Gasteiger partial charge in [-0.15, -0.1) is 0 Å². The Hall–Kier alpha value is -0.280. The summed E-state index contributed by atoms with van der Waals surface area (Å²) in [7, 11) is 0. The Balaban J connectivity index is 3.49. The fourth-order valence-corrected chi connectivity index (χ4v) is 0.545. The topological polar surface area (TPSA) is 37.3 Å². The average Bonchev–Trinajstić information content (AvgIpc) is 1.67. The first-order valence-corrected chi connectivity index (χ1v) is 3.10. The van der Waals surface area contributed by atoms with Crippen LogP contribution in [0.4, 0.5) is 0 Å². The monoisotopic (exact) mass is 132 g/mol. The number of aliphatic hydroxyl groups excluding tert-OH is 1. The van der Waals surface area contributed by atoms with Crippen LogP contribution >= 0.6 is 11.8 Å². The summed E-state index contributed by atoms with van der Waals surface area (Å²) in [5.41, 5.74) is 0.476. The molecule has 46 valence electrons. The smallest absolute Gasteiger partial charge is 0.216 e. The second-order valence-corrected chi connectivity index (χ2v) is 2.26. The van der Waals surface area contributed by atoms with Crippen LogP contribution < -0.4 is 0 Å². The number of rotatable bonds is 2. The van der Waals surface area contributed by atoms with Crippen LogP contribution in [-0.4, -0.2) is 16.2 Å². The average molecular weight is 132 g/mol. The molecule has 1 N–H and O–H groups in total. The lowest BCUT2D eigenvalue weighted by atomic mass is 10.4. The maximum absolute atomic E-state index is 10.4. The van der Waals surface area contributed by atoms with Gasteiger partial charge in [0.05, 0.1) is 5.94 Å². The predicted molar refractivity (Wildman–Crippen MR) is 34.5 cm³/mol. The molecule has 8 heavy (non-hydrogen) atoms. The summed E-state index contributed by atoms with van der Waals surface area (Å²) >= 11 is 0.856. The highest BCUT2D eigenvalue weighted by Gasteiger charge is 1.98. The number of carbonyl (C=O) groups excluding carboxylic acids is 1. The molecule has 0 aliphatic rings. The van der Waals surface area contributed by atoms with Crippen LogP contribution in [0.5, 0.6) is 0 Å². The maximum Gasteiger partial charge on any atom is 0.216 e. The molecule has 0 unspecified atom stereocenters. The van der Waals surface area contributed by atoms with Crippen molar-refractivity contribution in [2.75, 3.05) is 5.94 Å². The van der Waals surface area contributed by atoms with Crippen LogP contribution in [0.3, 0.4) is 0 Å². The zero-order valence-corrected chi connectivity index (χ0v) is 5.49. The molecule has 3 heteroatoms. The van der Waals surface area contributed by atoms with E-state index >= 15 is 0 Å². The first kappa shape index (κ1) is 7.72. The Kier molecular flexibility index (Phi) is 3.56. The van der Waals surface area contributed by atoms with E-state index in [0.29, 0.717) is 5.57 Å². The summed E-state index contributed by atoms with van der Waals surface area (Å²) in [6.45, 7) is 5.01.